The number of pyridine rings is 1. The monoisotopic (exact) mass is 328 g/mol. The van der Waals surface area contributed by atoms with E-state index in [1.165, 1.54) is 31.3 Å². The molecule has 24 heavy (non-hydrogen) atoms. The van der Waals surface area contributed by atoms with Gasteiger partial charge in [0.05, 0.1) is 6.20 Å². The van der Waals surface area contributed by atoms with Gasteiger partial charge in [-0.1, -0.05) is 23.8 Å². The van der Waals surface area contributed by atoms with Gasteiger partial charge in [-0.15, -0.1) is 13.2 Å². The van der Waals surface area contributed by atoms with Gasteiger partial charge in [-0.05, 0) is 32.1 Å². The second-order valence-electron chi connectivity index (χ2n) is 6.34. The van der Waals surface area contributed by atoms with E-state index in [0.29, 0.717) is 6.54 Å². The Balaban J connectivity index is 2.16. The van der Waals surface area contributed by atoms with Crippen molar-refractivity contribution in [2.75, 3.05) is 13.1 Å². The Kier molecular flexibility index (Phi) is 7.07. The number of nitrogens with zero attached hydrogens (tertiary/aromatic N) is 2. The molecule has 130 valence electrons. The van der Waals surface area contributed by atoms with Crippen molar-refractivity contribution in [1.29, 1.82) is 0 Å². The lowest BCUT2D eigenvalue weighted by atomic mass is 9.97. The Morgan fingerprint density at radius 3 is 2.62 bits per heavy atom. The molecule has 1 aromatic heterocycles. The lowest BCUT2D eigenvalue weighted by Gasteiger charge is -2.22. The van der Waals surface area contributed by atoms with Crippen LogP contribution in [0.5, 0.6) is 5.75 Å². The standard InChI is InChI=1S/C20H28N2O2/c1-3-11-21(12-4-2)15-18-14-19(23)20(24)16-22(18)13-10-17-8-6-5-7-9-17/h3-4,8,14,16,24H,1-2,5-7,9-13,15H2. The van der Waals surface area contributed by atoms with Crippen molar-refractivity contribution in [2.45, 2.75) is 45.2 Å². The molecule has 0 spiro atoms. The highest BCUT2D eigenvalue weighted by molar-refractivity contribution is 5.21. The Morgan fingerprint density at radius 2 is 2.00 bits per heavy atom. The number of allylic oxidation sites excluding steroid dienone is 2. The van der Waals surface area contributed by atoms with E-state index in [9.17, 15) is 9.90 Å². The average molecular weight is 328 g/mol. The van der Waals surface area contributed by atoms with Crippen LogP contribution in [0.3, 0.4) is 0 Å². The molecule has 1 heterocycles. The molecular formula is C20H28N2O2. The number of hydrogen-bond acceptors (Lipinski definition) is 3. The highest BCUT2D eigenvalue weighted by Crippen LogP contribution is 2.21. The van der Waals surface area contributed by atoms with E-state index < -0.39 is 0 Å². The van der Waals surface area contributed by atoms with Crippen LogP contribution in [0.15, 0.2) is 54.0 Å². The van der Waals surface area contributed by atoms with Gasteiger partial charge in [-0.25, -0.2) is 0 Å². The van der Waals surface area contributed by atoms with Crippen molar-refractivity contribution in [3.63, 3.8) is 0 Å². The molecule has 4 nitrogen and oxygen atoms in total. The van der Waals surface area contributed by atoms with Crippen molar-refractivity contribution in [2.24, 2.45) is 0 Å². The van der Waals surface area contributed by atoms with Crippen LogP contribution >= 0.6 is 0 Å². The first-order chi connectivity index (χ1) is 11.6. The summed E-state index contributed by atoms with van der Waals surface area (Å²) in [6, 6.07) is 1.55. The maximum absolute atomic E-state index is 11.9. The fourth-order valence-electron chi connectivity index (χ4n) is 3.14. The Labute approximate surface area is 144 Å². The number of aromatic nitrogens is 1. The Hall–Kier alpha value is -2.07. The summed E-state index contributed by atoms with van der Waals surface area (Å²) in [4.78, 5) is 14.0. The fourth-order valence-corrected chi connectivity index (χ4v) is 3.14. The van der Waals surface area contributed by atoms with Crippen LogP contribution in [0.4, 0.5) is 0 Å². The Morgan fingerprint density at radius 1 is 1.25 bits per heavy atom. The van der Waals surface area contributed by atoms with E-state index in [1.807, 2.05) is 16.7 Å². The molecule has 0 fully saturated rings. The molecule has 0 radical (unpaired) electrons. The van der Waals surface area contributed by atoms with E-state index in [-0.39, 0.29) is 11.2 Å². The zero-order valence-electron chi connectivity index (χ0n) is 14.4. The first kappa shape index (κ1) is 18.3. The zero-order valence-corrected chi connectivity index (χ0v) is 14.4. The van der Waals surface area contributed by atoms with Crippen LogP contribution in [0.25, 0.3) is 0 Å². The van der Waals surface area contributed by atoms with Gasteiger partial charge in [0.15, 0.2) is 5.75 Å². The third kappa shape index (κ3) is 5.24. The van der Waals surface area contributed by atoms with Crippen molar-refractivity contribution in [3.05, 3.63) is 65.1 Å². The first-order valence-corrected chi connectivity index (χ1v) is 8.68. The molecule has 0 saturated carbocycles. The van der Waals surface area contributed by atoms with Gasteiger partial charge in [0.1, 0.15) is 0 Å². The normalized spacial score (nSPS) is 14.5. The van der Waals surface area contributed by atoms with E-state index in [1.54, 1.807) is 12.3 Å². The topological polar surface area (TPSA) is 45.5 Å². The second kappa shape index (κ2) is 9.28. The van der Waals surface area contributed by atoms with Gasteiger partial charge >= 0.3 is 0 Å². The van der Waals surface area contributed by atoms with Gasteiger partial charge in [0.25, 0.3) is 0 Å². The minimum absolute atomic E-state index is 0.185. The van der Waals surface area contributed by atoms with E-state index in [4.69, 9.17) is 0 Å². The lowest BCUT2D eigenvalue weighted by Crippen LogP contribution is -2.26. The summed E-state index contributed by atoms with van der Waals surface area (Å²) in [7, 11) is 0. The number of aromatic hydroxyl groups is 1. The molecule has 1 N–H and O–H groups in total. The smallest absolute Gasteiger partial charge is 0.223 e. The fraction of sp³-hybridized carbons (Fsp3) is 0.450. The summed E-state index contributed by atoms with van der Waals surface area (Å²) in [5.74, 6) is -0.185. The van der Waals surface area contributed by atoms with Crippen molar-refractivity contribution >= 4 is 0 Å². The summed E-state index contributed by atoms with van der Waals surface area (Å²) in [6.07, 6.45) is 13.5. The maximum atomic E-state index is 11.9. The van der Waals surface area contributed by atoms with Crippen LogP contribution in [0, 0.1) is 0 Å². The molecule has 1 aliphatic carbocycles. The average Bonchev–Trinajstić information content (AvgIpc) is 2.58. The molecule has 0 amide bonds. The molecule has 1 aliphatic rings. The Bertz CT molecular complexity index is 648. The molecule has 0 unspecified atom stereocenters. The van der Waals surface area contributed by atoms with Crippen molar-refractivity contribution in [1.82, 2.24) is 9.47 Å². The SMILES string of the molecule is C=CCN(CC=C)Cc1cc(=O)c(O)cn1CCC1=CCCCC1. The van der Waals surface area contributed by atoms with Gasteiger partial charge in [0, 0.05) is 37.9 Å². The summed E-state index contributed by atoms with van der Waals surface area (Å²) in [6.45, 7) is 10.4. The molecule has 4 heteroatoms. The van der Waals surface area contributed by atoms with Gasteiger partial charge in [0.2, 0.25) is 5.43 Å². The highest BCUT2D eigenvalue weighted by Gasteiger charge is 2.11. The molecule has 0 aliphatic heterocycles. The van der Waals surface area contributed by atoms with Gasteiger partial charge in [-0.2, -0.15) is 0 Å². The van der Waals surface area contributed by atoms with Crippen LogP contribution in [0.1, 0.15) is 37.8 Å². The molecule has 1 aromatic rings. The van der Waals surface area contributed by atoms with Crippen LogP contribution in [0.2, 0.25) is 0 Å². The quantitative estimate of drug-likeness (QED) is 0.704. The number of rotatable bonds is 9. The van der Waals surface area contributed by atoms with Crippen LogP contribution in [-0.2, 0) is 13.1 Å². The predicted octanol–water partition coefficient (Wildman–Crippen LogP) is 3.62. The minimum Gasteiger partial charge on any atom is -0.503 e. The number of hydrogen-bond donors (Lipinski definition) is 1. The van der Waals surface area contributed by atoms with E-state index in [2.05, 4.69) is 24.1 Å². The molecule has 0 atom stereocenters. The van der Waals surface area contributed by atoms with Crippen molar-refractivity contribution in [3.8, 4) is 5.75 Å². The zero-order chi connectivity index (χ0) is 17.4. The molecule has 0 bridgehead atoms. The van der Waals surface area contributed by atoms with E-state index >= 15 is 0 Å². The summed E-state index contributed by atoms with van der Waals surface area (Å²) >= 11 is 0. The predicted molar refractivity (Wildman–Crippen MR) is 99.2 cm³/mol. The maximum Gasteiger partial charge on any atom is 0.223 e. The first-order valence-electron chi connectivity index (χ1n) is 8.68. The highest BCUT2D eigenvalue weighted by atomic mass is 16.3. The van der Waals surface area contributed by atoms with Gasteiger partial charge < -0.3 is 9.67 Å². The van der Waals surface area contributed by atoms with Crippen LogP contribution in [-0.4, -0.2) is 27.7 Å². The van der Waals surface area contributed by atoms with Crippen LogP contribution < -0.4 is 5.43 Å². The third-order valence-corrected chi connectivity index (χ3v) is 4.42. The summed E-state index contributed by atoms with van der Waals surface area (Å²) in [5, 5.41) is 9.81. The molecule has 0 aromatic carbocycles. The third-order valence-electron chi connectivity index (χ3n) is 4.42. The minimum atomic E-state index is -0.324. The molecule has 2 rings (SSSR count). The summed E-state index contributed by atoms with van der Waals surface area (Å²) in [5.41, 5.74) is 2.08. The number of aryl methyl sites for hydroxylation is 1. The molecular weight excluding hydrogens is 300 g/mol. The molecule has 0 saturated heterocycles. The summed E-state index contributed by atoms with van der Waals surface area (Å²) < 4.78 is 2.01. The largest absolute Gasteiger partial charge is 0.503 e. The van der Waals surface area contributed by atoms with Gasteiger partial charge in [-0.3, -0.25) is 9.69 Å². The van der Waals surface area contributed by atoms with E-state index in [0.717, 1.165) is 31.7 Å². The second-order valence-corrected chi connectivity index (χ2v) is 6.34. The van der Waals surface area contributed by atoms with Crippen molar-refractivity contribution < 1.29 is 5.11 Å². The lowest BCUT2D eigenvalue weighted by molar-refractivity contribution is 0.315.